The van der Waals surface area contributed by atoms with Crippen LogP contribution in [0.25, 0.3) is 0 Å². The third-order valence-electron chi connectivity index (χ3n) is 3.32. The molecule has 0 bridgehead atoms. The first-order valence-corrected chi connectivity index (χ1v) is 6.42. The fourth-order valence-electron chi connectivity index (χ4n) is 2.35. The first-order valence-electron chi connectivity index (χ1n) is 6.42. The van der Waals surface area contributed by atoms with Crippen molar-refractivity contribution in [2.75, 3.05) is 26.3 Å². The van der Waals surface area contributed by atoms with Gasteiger partial charge in [0.2, 0.25) is 0 Å². The summed E-state index contributed by atoms with van der Waals surface area (Å²) in [6.45, 7) is 6.94. The molecule has 0 aromatic heterocycles. The normalized spacial score (nSPS) is 17.9. The van der Waals surface area contributed by atoms with Crippen LogP contribution in [0.2, 0.25) is 0 Å². The summed E-state index contributed by atoms with van der Waals surface area (Å²) in [5.41, 5.74) is 1.34. The zero-order valence-corrected chi connectivity index (χ0v) is 10.2. The molecule has 1 radical (unpaired) electrons. The van der Waals surface area contributed by atoms with Crippen LogP contribution in [0.3, 0.4) is 0 Å². The molecule has 0 atom stereocenters. The topological polar surface area (TPSA) is 9.14 Å². The first kappa shape index (κ1) is 11.6. The van der Waals surface area contributed by atoms with Gasteiger partial charge in [0, 0.05) is 25.2 Å². The Labute approximate surface area is 98.9 Å². The molecular formula is C14H22N2+. The fraction of sp³-hybridized carbons (Fsp3) is 0.571. The third kappa shape index (κ3) is 3.06. The molecule has 1 aromatic rings. The van der Waals surface area contributed by atoms with E-state index >= 15 is 0 Å². The summed E-state index contributed by atoms with van der Waals surface area (Å²) in [7, 11) is 0. The van der Waals surface area contributed by atoms with Crippen LogP contribution in [0.15, 0.2) is 30.3 Å². The lowest BCUT2D eigenvalue weighted by Crippen LogP contribution is -2.41. The minimum Gasteiger partial charge on any atom is -0.252 e. The lowest BCUT2D eigenvalue weighted by molar-refractivity contribution is 0.191. The van der Waals surface area contributed by atoms with Gasteiger partial charge in [0.1, 0.15) is 6.54 Å². The highest BCUT2D eigenvalue weighted by atomic mass is 15.3. The Morgan fingerprint density at radius 3 is 2.38 bits per heavy atom. The summed E-state index contributed by atoms with van der Waals surface area (Å²) in [5.74, 6) is 0. The van der Waals surface area contributed by atoms with Crippen molar-refractivity contribution in [1.29, 1.82) is 0 Å². The van der Waals surface area contributed by atoms with Gasteiger partial charge in [-0.25, -0.2) is 0 Å². The molecule has 1 aliphatic heterocycles. The van der Waals surface area contributed by atoms with E-state index < -0.39 is 0 Å². The summed E-state index contributed by atoms with van der Waals surface area (Å²) in [5, 5.41) is 0. The highest BCUT2D eigenvalue weighted by Crippen LogP contribution is 2.15. The molecule has 1 aliphatic rings. The predicted molar refractivity (Wildman–Crippen MR) is 69.1 cm³/mol. The van der Waals surface area contributed by atoms with Gasteiger partial charge in [-0.15, -0.1) is 4.90 Å². The van der Waals surface area contributed by atoms with Crippen LogP contribution in [-0.4, -0.2) is 31.2 Å². The van der Waals surface area contributed by atoms with E-state index in [1.54, 1.807) is 0 Å². The minimum atomic E-state index is 1.08. The zero-order chi connectivity index (χ0) is 11.2. The molecule has 0 spiro atoms. The molecule has 0 unspecified atom stereocenters. The Kier molecular flexibility index (Phi) is 4.37. The van der Waals surface area contributed by atoms with Gasteiger partial charge < -0.3 is 0 Å². The average Bonchev–Trinajstić information content (AvgIpc) is 2.38. The number of benzene rings is 1. The number of nitrogens with zero attached hydrogens (tertiary/aromatic N) is 2. The van der Waals surface area contributed by atoms with Gasteiger partial charge >= 0.3 is 0 Å². The average molecular weight is 218 g/mol. The monoisotopic (exact) mass is 218 g/mol. The molecule has 1 fully saturated rings. The van der Waals surface area contributed by atoms with Gasteiger partial charge in [0.05, 0.1) is 0 Å². The molecule has 0 saturated carbocycles. The lowest BCUT2D eigenvalue weighted by Gasteiger charge is -2.26. The van der Waals surface area contributed by atoms with Crippen molar-refractivity contribution in [2.45, 2.75) is 26.2 Å². The van der Waals surface area contributed by atoms with Crippen LogP contribution in [0.1, 0.15) is 26.2 Å². The number of piperidine rings is 1. The number of hydrogen-bond acceptors (Lipinski definition) is 2. The summed E-state index contributed by atoms with van der Waals surface area (Å²) in [6.07, 6.45) is 4.15. The standard InChI is InChI=1S/C14H22N2/c1-2-16(14-9-5-3-6-10-14)13-15-11-7-4-8-12-15/h3,5-6,9-10H,2,4,7-8,11-13H2,1H3/q+1. The maximum absolute atomic E-state index is 2.57. The summed E-state index contributed by atoms with van der Waals surface area (Å²) in [4.78, 5) is 5.02. The Hall–Kier alpha value is -0.860. The molecular weight excluding hydrogens is 196 g/mol. The summed E-state index contributed by atoms with van der Waals surface area (Å²) < 4.78 is 0. The van der Waals surface area contributed by atoms with Crippen molar-refractivity contribution in [2.24, 2.45) is 0 Å². The predicted octanol–water partition coefficient (Wildman–Crippen LogP) is 2.92. The Morgan fingerprint density at radius 1 is 1.06 bits per heavy atom. The Morgan fingerprint density at radius 2 is 1.75 bits per heavy atom. The van der Waals surface area contributed by atoms with E-state index in [1.165, 1.54) is 38.0 Å². The molecule has 2 rings (SSSR count). The molecule has 16 heavy (non-hydrogen) atoms. The van der Waals surface area contributed by atoms with Gasteiger partial charge in [0.25, 0.3) is 0 Å². The largest absolute Gasteiger partial charge is 0.252 e. The van der Waals surface area contributed by atoms with Crippen molar-refractivity contribution in [3.8, 4) is 0 Å². The highest BCUT2D eigenvalue weighted by Gasteiger charge is 2.21. The number of para-hydroxylation sites is 1. The number of anilines is 1. The van der Waals surface area contributed by atoms with E-state index in [1.807, 2.05) is 0 Å². The van der Waals surface area contributed by atoms with Crippen LogP contribution in [0, 0.1) is 0 Å². The maximum atomic E-state index is 2.57. The molecule has 0 N–H and O–H groups in total. The molecule has 2 nitrogen and oxygen atoms in total. The number of hydrogen-bond donors (Lipinski definition) is 0. The molecule has 0 aliphatic carbocycles. The van der Waals surface area contributed by atoms with Crippen molar-refractivity contribution >= 4 is 5.69 Å². The van der Waals surface area contributed by atoms with E-state index in [-0.39, 0.29) is 0 Å². The van der Waals surface area contributed by atoms with Crippen molar-refractivity contribution < 1.29 is 0 Å². The van der Waals surface area contributed by atoms with Crippen molar-refractivity contribution in [3.05, 3.63) is 30.3 Å². The Bertz CT molecular complexity index is 291. The van der Waals surface area contributed by atoms with Crippen LogP contribution in [0.5, 0.6) is 0 Å². The molecule has 87 valence electrons. The SMILES string of the molecule is CC[N+](CN1CCCCC1)c1ccccc1. The maximum Gasteiger partial charge on any atom is 0.184 e. The molecule has 2 heteroatoms. The Balaban J connectivity index is 1.94. The van der Waals surface area contributed by atoms with Crippen LogP contribution in [0.4, 0.5) is 5.69 Å². The van der Waals surface area contributed by atoms with Gasteiger partial charge in [-0.3, -0.25) is 4.90 Å². The molecule has 1 saturated heterocycles. The molecule has 1 aromatic carbocycles. The first-order chi connectivity index (χ1) is 7.90. The number of rotatable bonds is 4. The second kappa shape index (κ2) is 6.02. The van der Waals surface area contributed by atoms with Crippen LogP contribution < -0.4 is 4.90 Å². The quantitative estimate of drug-likeness (QED) is 0.706. The van der Waals surface area contributed by atoms with Crippen LogP contribution in [-0.2, 0) is 0 Å². The minimum absolute atomic E-state index is 1.08. The van der Waals surface area contributed by atoms with Gasteiger partial charge in [-0.2, -0.15) is 0 Å². The highest BCUT2D eigenvalue weighted by molar-refractivity contribution is 5.37. The second-order valence-corrected chi connectivity index (χ2v) is 4.51. The third-order valence-corrected chi connectivity index (χ3v) is 3.32. The van der Waals surface area contributed by atoms with E-state index in [9.17, 15) is 0 Å². The van der Waals surface area contributed by atoms with E-state index in [0.717, 1.165) is 13.2 Å². The smallest absolute Gasteiger partial charge is 0.184 e. The second-order valence-electron chi connectivity index (χ2n) is 4.51. The zero-order valence-electron chi connectivity index (χ0n) is 10.2. The number of likely N-dealkylation sites (tertiary alicyclic amines) is 1. The van der Waals surface area contributed by atoms with Gasteiger partial charge in [-0.1, -0.05) is 24.6 Å². The van der Waals surface area contributed by atoms with Crippen molar-refractivity contribution in [1.82, 2.24) is 9.80 Å². The molecule has 1 heterocycles. The lowest BCUT2D eigenvalue weighted by atomic mass is 10.1. The van der Waals surface area contributed by atoms with E-state index in [2.05, 4.69) is 47.1 Å². The van der Waals surface area contributed by atoms with E-state index in [4.69, 9.17) is 0 Å². The van der Waals surface area contributed by atoms with E-state index in [0.29, 0.717) is 0 Å². The summed E-state index contributed by atoms with van der Waals surface area (Å²) in [6, 6.07) is 10.7. The fourth-order valence-corrected chi connectivity index (χ4v) is 2.35. The van der Waals surface area contributed by atoms with Gasteiger partial charge in [-0.05, 0) is 19.8 Å². The van der Waals surface area contributed by atoms with Crippen molar-refractivity contribution in [3.63, 3.8) is 0 Å². The molecule has 0 amide bonds. The van der Waals surface area contributed by atoms with Gasteiger partial charge in [0.15, 0.2) is 12.4 Å². The summed E-state index contributed by atoms with van der Waals surface area (Å²) >= 11 is 0. The van der Waals surface area contributed by atoms with Crippen LogP contribution >= 0.6 is 0 Å².